The molecule has 3 nitrogen and oxygen atoms in total. The third-order valence-electron chi connectivity index (χ3n) is 3.92. The van der Waals surface area contributed by atoms with Crippen molar-refractivity contribution < 1.29 is 22.7 Å². The quantitative estimate of drug-likeness (QED) is 0.839. The summed E-state index contributed by atoms with van der Waals surface area (Å²) in [5.41, 5.74) is -0.175. The standard InChI is InChI=1S/C17H22F3NO2/c1-12(2)16(22)21-8-4-7-15(10-21)23-11-13-5-3-6-14(9-13)17(18,19)20/h3,5-6,9,12,15H,4,7-8,10-11H2,1-2H3. The molecule has 2 rings (SSSR count). The first-order valence-corrected chi connectivity index (χ1v) is 7.84. The third kappa shape index (κ3) is 4.96. The number of benzene rings is 1. The molecule has 1 saturated heterocycles. The largest absolute Gasteiger partial charge is 0.416 e. The minimum absolute atomic E-state index is 0.0581. The lowest BCUT2D eigenvalue weighted by atomic mass is 10.1. The molecule has 1 aliphatic rings. The second kappa shape index (κ2) is 7.34. The molecule has 1 aromatic carbocycles. The fraction of sp³-hybridized carbons (Fsp3) is 0.588. The van der Waals surface area contributed by atoms with Crippen LogP contribution in [0, 0.1) is 5.92 Å². The number of nitrogens with zero attached hydrogens (tertiary/aromatic N) is 1. The van der Waals surface area contributed by atoms with Crippen molar-refractivity contribution in [2.24, 2.45) is 5.92 Å². The van der Waals surface area contributed by atoms with Crippen LogP contribution in [0.2, 0.25) is 0 Å². The molecular weight excluding hydrogens is 307 g/mol. The molecule has 128 valence electrons. The maximum atomic E-state index is 12.7. The van der Waals surface area contributed by atoms with Gasteiger partial charge in [0.25, 0.3) is 0 Å². The van der Waals surface area contributed by atoms with E-state index < -0.39 is 11.7 Å². The van der Waals surface area contributed by atoms with Gasteiger partial charge in [-0.3, -0.25) is 4.79 Å². The van der Waals surface area contributed by atoms with Gasteiger partial charge in [-0.1, -0.05) is 26.0 Å². The van der Waals surface area contributed by atoms with E-state index in [0.29, 0.717) is 12.1 Å². The Hall–Kier alpha value is -1.56. The molecule has 0 N–H and O–H groups in total. The average Bonchev–Trinajstić information content (AvgIpc) is 2.52. The number of rotatable bonds is 4. The Morgan fingerprint density at radius 3 is 2.78 bits per heavy atom. The van der Waals surface area contributed by atoms with E-state index in [-0.39, 0.29) is 24.5 Å². The predicted molar refractivity (Wildman–Crippen MR) is 80.7 cm³/mol. The van der Waals surface area contributed by atoms with Gasteiger partial charge in [0.2, 0.25) is 5.91 Å². The van der Waals surface area contributed by atoms with Gasteiger partial charge in [0, 0.05) is 19.0 Å². The van der Waals surface area contributed by atoms with Gasteiger partial charge in [-0.05, 0) is 30.5 Å². The number of likely N-dealkylation sites (tertiary alicyclic amines) is 1. The maximum Gasteiger partial charge on any atom is 0.416 e. The number of piperidine rings is 1. The van der Waals surface area contributed by atoms with Gasteiger partial charge in [-0.25, -0.2) is 0 Å². The summed E-state index contributed by atoms with van der Waals surface area (Å²) in [5.74, 6) is 0.0367. The molecule has 1 atom stereocenters. The monoisotopic (exact) mass is 329 g/mol. The highest BCUT2D eigenvalue weighted by Crippen LogP contribution is 2.29. The SMILES string of the molecule is CC(C)C(=O)N1CCCC(OCc2cccc(C(F)(F)F)c2)C1. The van der Waals surface area contributed by atoms with E-state index in [4.69, 9.17) is 4.74 Å². The van der Waals surface area contributed by atoms with Gasteiger partial charge in [0.05, 0.1) is 18.3 Å². The van der Waals surface area contributed by atoms with Crippen LogP contribution in [0.5, 0.6) is 0 Å². The Morgan fingerprint density at radius 1 is 1.39 bits per heavy atom. The normalized spacial score (nSPS) is 19.2. The number of amides is 1. The van der Waals surface area contributed by atoms with E-state index in [1.54, 1.807) is 11.0 Å². The first-order chi connectivity index (χ1) is 10.8. The van der Waals surface area contributed by atoms with Gasteiger partial charge in [0.15, 0.2) is 0 Å². The molecule has 1 unspecified atom stereocenters. The number of carbonyl (C=O) groups is 1. The van der Waals surface area contributed by atoms with Crippen LogP contribution in [0.25, 0.3) is 0 Å². The Balaban J connectivity index is 1.92. The van der Waals surface area contributed by atoms with E-state index in [2.05, 4.69) is 0 Å². The van der Waals surface area contributed by atoms with Crippen molar-refractivity contribution in [1.82, 2.24) is 4.90 Å². The van der Waals surface area contributed by atoms with E-state index in [1.165, 1.54) is 6.07 Å². The molecule has 0 radical (unpaired) electrons. The minimum atomic E-state index is -4.35. The summed E-state index contributed by atoms with van der Waals surface area (Å²) in [6.07, 6.45) is -2.80. The van der Waals surface area contributed by atoms with Crippen molar-refractivity contribution >= 4 is 5.91 Å². The Morgan fingerprint density at radius 2 is 2.13 bits per heavy atom. The molecule has 0 saturated carbocycles. The molecule has 0 bridgehead atoms. The van der Waals surface area contributed by atoms with Gasteiger partial charge in [-0.15, -0.1) is 0 Å². The molecular formula is C17H22F3NO2. The molecule has 1 aromatic rings. The summed E-state index contributed by atoms with van der Waals surface area (Å²) >= 11 is 0. The summed E-state index contributed by atoms with van der Waals surface area (Å²) in [7, 11) is 0. The van der Waals surface area contributed by atoms with Crippen LogP contribution in [0.3, 0.4) is 0 Å². The highest BCUT2D eigenvalue weighted by Gasteiger charge is 2.30. The summed E-state index contributed by atoms with van der Waals surface area (Å²) in [6.45, 7) is 5.07. The number of hydrogen-bond donors (Lipinski definition) is 0. The molecule has 1 aliphatic heterocycles. The van der Waals surface area contributed by atoms with Crippen LogP contribution < -0.4 is 0 Å². The second-order valence-electron chi connectivity index (χ2n) is 6.21. The van der Waals surface area contributed by atoms with Gasteiger partial charge < -0.3 is 9.64 Å². The summed E-state index contributed by atoms with van der Waals surface area (Å²) in [6, 6.07) is 5.17. The van der Waals surface area contributed by atoms with Crippen LogP contribution in [-0.2, 0) is 22.3 Å². The third-order valence-corrected chi connectivity index (χ3v) is 3.92. The first kappa shape index (κ1) is 17.8. The van der Waals surface area contributed by atoms with Gasteiger partial charge in [0.1, 0.15) is 0 Å². The van der Waals surface area contributed by atoms with Gasteiger partial charge >= 0.3 is 6.18 Å². The smallest absolute Gasteiger partial charge is 0.372 e. The number of alkyl halides is 3. The van der Waals surface area contributed by atoms with Crippen LogP contribution in [0.4, 0.5) is 13.2 Å². The predicted octanol–water partition coefficient (Wildman–Crippen LogP) is 3.87. The van der Waals surface area contributed by atoms with Crippen LogP contribution >= 0.6 is 0 Å². The molecule has 0 aliphatic carbocycles. The molecule has 0 aromatic heterocycles. The van der Waals surface area contributed by atoms with Crippen molar-refractivity contribution in [2.45, 2.75) is 45.6 Å². The molecule has 23 heavy (non-hydrogen) atoms. The highest BCUT2D eigenvalue weighted by atomic mass is 19.4. The van der Waals surface area contributed by atoms with E-state index in [1.807, 2.05) is 13.8 Å². The fourth-order valence-electron chi connectivity index (χ4n) is 2.69. The zero-order valence-corrected chi connectivity index (χ0v) is 13.4. The molecule has 1 heterocycles. The van der Waals surface area contributed by atoms with Crippen LogP contribution in [0.1, 0.15) is 37.8 Å². The van der Waals surface area contributed by atoms with Crippen LogP contribution in [0.15, 0.2) is 24.3 Å². The zero-order chi connectivity index (χ0) is 17.0. The number of ether oxygens (including phenoxy) is 1. The molecule has 1 amide bonds. The van der Waals surface area contributed by atoms with Crippen molar-refractivity contribution in [1.29, 1.82) is 0 Å². The van der Waals surface area contributed by atoms with E-state index in [0.717, 1.165) is 31.5 Å². The van der Waals surface area contributed by atoms with Crippen molar-refractivity contribution in [3.63, 3.8) is 0 Å². The highest BCUT2D eigenvalue weighted by molar-refractivity contribution is 5.78. The van der Waals surface area contributed by atoms with Crippen molar-refractivity contribution in [2.75, 3.05) is 13.1 Å². The van der Waals surface area contributed by atoms with E-state index >= 15 is 0 Å². The topological polar surface area (TPSA) is 29.5 Å². The second-order valence-corrected chi connectivity index (χ2v) is 6.21. The number of hydrogen-bond acceptors (Lipinski definition) is 2. The first-order valence-electron chi connectivity index (χ1n) is 7.84. The fourth-order valence-corrected chi connectivity index (χ4v) is 2.69. The Bertz CT molecular complexity index is 543. The van der Waals surface area contributed by atoms with E-state index in [9.17, 15) is 18.0 Å². The molecule has 1 fully saturated rings. The summed E-state index contributed by atoms with van der Waals surface area (Å²) < 4.78 is 43.8. The lowest BCUT2D eigenvalue weighted by molar-refractivity contribution is -0.139. The van der Waals surface area contributed by atoms with Gasteiger partial charge in [-0.2, -0.15) is 13.2 Å². The van der Waals surface area contributed by atoms with Crippen molar-refractivity contribution in [3.8, 4) is 0 Å². The molecule has 0 spiro atoms. The zero-order valence-electron chi connectivity index (χ0n) is 13.4. The summed E-state index contributed by atoms with van der Waals surface area (Å²) in [4.78, 5) is 13.8. The molecule has 6 heteroatoms. The Labute approximate surface area is 134 Å². The Kier molecular flexibility index (Phi) is 5.68. The summed E-state index contributed by atoms with van der Waals surface area (Å²) in [5, 5.41) is 0. The van der Waals surface area contributed by atoms with Crippen LogP contribution in [-0.4, -0.2) is 30.0 Å². The lowest BCUT2D eigenvalue weighted by Gasteiger charge is -2.33. The maximum absolute atomic E-state index is 12.7. The number of carbonyl (C=O) groups excluding carboxylic acids is 1. The number of halogens is 3. The minimum Gasteiger partial charge on any atom is -0.372 e. The lowest BCUT2D eigenvalue weighted by Crippen LogP contribution is -2.44. The van der Waals surface area contributed by atoms with Crippen molar-refractivity contribution in [3.05, 3.63) is 35.4 Å². The average molecular weight is 329 g/mol.